The first-order chi connectivity index (χ1) is 30.4. The number of nitrogens with zero attached hydrogens (tertiary/aromatic N) is 6. The first kappa shape index (κ1) is 45.8. The van der Waals surface area contributed by atoms with E-state index in [4.69, 9.17) is 23.7 Å². The standard InChI is InChI=1S/C19H20N2O4.C14H18N2O4.C12H14N2O4.CH4/c1-13-8-10-24-16-11-20-9-7-15(22)18(17(20)19(23)21(13)16)25-12-14-5-3-2-4-6-14;1-3-19-13-10(17)4-6-15-8-11-16(14(18)12(13)15)9(2)5-7-20-11;1-7-3-5-18-9-6-13-4-2-8(15)11(16)10(13)12(17)14(7)9;/h2-7,9,13,16H,8,10-12H2,1H3;4,6,9,11H,3,5,7-8H2,1-2H3;2,4,7,9,16H,3,5-6H2,1H3;1H4/t13-,16+;9-,11+;7-,9+;/m111./s1. The molecule has 6 atom stereocenters. The molecular formula is C46H56N6O12. The number of ether oxygens (including phenoxy) is 5. The summed E-state index contributed by atoms with van der Waals surface area (Å²) in [7, 11) is 0. The summed E-state index contributed by atoms with van der Waals surface area (Å²) in [6.07, 6.45) is 6.32. The summed E-state index contributed by atoms with van der Waals surface area (Å²) in [5.41, 5.74) is 0.607. The average molecular weight is 885 g/mol. The van der Waals surface area contributed by atoms with E-state index in [0.717, 1.165) is 24.8 Å². The minimum Gasteiger partial charge on any atom is -0.503 e. The molecule has 6 aliphatic heterocycles. The Morgan fingerprint density at radius 3 is 1.39 bits per heavy atom. The summed E-state index contributed by atoms with van der Waals surface area (Å²) in [6.45, 7) is 11.8. The molecule has 342 valence electrons. The van der Waals surface area contributed by atoms with Crippen LogP contribution in [-0.4, -0.2) is 114 Å². The van der Waals surface area contributed by atoms with Crippen LogP contribution < -0.4 is 25.8 Å². The van der Waals surface area contributed by atoms with E-state index in [-0.39, 0.29) is 96.6 Å². The molecular weight excluding hydrogens is 829 g/mol. The van der Waals surface area contributed by atoms with Gasteiger partial charge in [-0.25, -0.2) is 0 Å². The molecule has 0 radical (unpaired) electrons. The molecule has 10 rings (SSSR count). The SMILES string of the molecule is C.CCOc1c2n(ccc1=O)C[C@@H]1OCC[C@@H](C)N1C2=O.C[C@@H]1CCO[C@H]2Cn3ccc(=O)c(O)c3C(=O)N12.C[C@@H]1CCO[C@H]2Cn3ccc(=O)c(OCc4ccccc4)c3C(=O)N12. The van der Waals surface area contributed by atoms with E-state index in [1.807, 2.05) is 51.1 Å². The fourth-order valence-electron chi connectivity index (χ4n) is 8.87. The molecule has 3 fully saturated rings. The van der Waals surface area contributed by atoms with E-state index in [1.54, 1.807) is 47.7 Å². The van der Waals surface area contributed by atoms with E-state index >= 15 is 0 Å². The lowest BCUT2D eigenvalue weighted by molar-refractivity contribution is -0.112. The Balaban J connectivity index is 0.000000145. The van der Waals surface area contributed by atoms with Crippen LogP contribution >= 0.6 is 0 Å². The van der Waals surface area contributed by atoms with Gasteiger partial charge in [0.2, 0.25) is 16.3 Å². The number of amides is 3. The number of aromatic nitrogens is 3. The van der Waals surface area contributed by atoms with Gasteiger partial charge in [-0.2, -0.15) is 0 Å². The highest BCUT2D eigenvalue weighted by Gasteiger charge is 2.43. The van der Waals surface area contributed by atoms with Crippen molar-refractivity contribution in [1.29, 1.82) is 0 Å². The molecule has 3 amide bonds. The quantitative estimate of drug-likeness (QED) is 0.307. The minimum absolute atomic E-state index is 0. The zero-order valence-corrected chi connectivity index (χ0v) is 35.7. The maximum absolute atomic E-state index is 13.1. The van der Waals surface area contributed by atoms with Crippen molar-refractivity contribution >= 4 is 17.7 Å². The third-order valence-corrected chi connectivity index (χ3v) is 12.2. The van der Waals surface area contributed by atoms with E-state index in [0.29, 0.717) is 57.4 Å². The zero-order valence-electron chi connectivity index (χ0n) is 35.7. The second-order valence-corrected chi connectivity index (χ2v) is 16.3. The van der Waals surface area contributed by atoms with E-state index < -0.39 is 11.2 Å². The number of pyridine rings is 3. The van der Waals surface area contributed by atoms with Crippen LogP contribution in [0.5, 0.6) is 17.2 Å². The second-order valence-electron chi connectivity index (χ2n) is 16.3. The second kappa shape index (κ2) is 19.2. The summed E-state index contributed by atoms with van der Waals surface area (Å²) in [5, 5.41) is 9.77. The van der Waals surface area contributed by atoms with Gasteiger partial charge in [-0.1, -0.05) is 37.8 Å². The monoisotopic (exact) mass is 884 g/mol. The predicted molar refractivity (Wildman–Crippen MR) is 232 cm³/mol. The first-order valence-corrected chi connectivity index (χ1v) is 21.4. The molecule has 0 spiro atoms. The van der Waals surface area contributed by atoms with Gasteiger partial charge in [0, 0.05) is 54.9 Å². The Morgan fingerprint density at radius 2 is 0.953 bits per heavy atom. The molecule has 1 aromatic carbocycles. The van der Waals surface area contributed by atoms with Crippen LogP contribution in [0.2, 0.25) is 0 Å². The van der Waals surface area contributed by atoms with Crippen LogP contribution in [0.15, 0.2) is 81.5 Å². The lowest BCUT2D eigenvalue weighted by Gasteiger charge is -2.44. The Hall–Kier alpha value is -6.24. The van der Waals surface area contributed by atoms with Crippen LogP contribution in [0.25, 0.3) is 0 Å². The number of hydrogen-bond donors (Lipinski definition) is 1. The van der Waals surface area contributed by atoms with Crippen molar-refractivity contribution in [1.82, 2.24) is 28.4 Å². The van der Waals surface area contributed by atoms with Crippen LogP contribution in [0, 0.1) is 0 Å². The molecule has 9 heterocycles. The van der Waals surface area contributed by atoms with Crippen molar-refractivity contribution in [2.75, 3.05) is 26.4 Å². The maximum atomic E-state index is 13.1. The fraction of sp³-hybridized carbons (Fsp3) is 0.478. The molecule has 4 aromatic rings. The third kappa shape index (κ3) is 8.68. The Bertz CT molecular complexity index is 2560. The summed E-state index contributed by atoms with van der Waals surface area (Å²) in [6, 6.07) is 14.0. The zero-order chi connectivity index (χ0) is 44.5. The number of hydrogen-bond acceptors (Lipinski definition) is 12. The van der Waals surface area contributed by atoms with Gasteiger partial charge in [0.15, 0.2) is 53.0 Å². The lowest BCUT2D eigenvalue weighted by atomic mass is 10.1. The number of carbonyl (C=O) groups is 3. The van der Waals surface area contributed by atoms with E-state index in [1.165, 1.54) is 24.4 Å². The molecule has 6 aliphatic rings. The van der Waals surface area contributed by atoms with E-state index in [9.17, 15) is 33.9 Å². The molecule has 64 heavy (non-hydrogen) atoms. The number of fused-ring (bicyclic) bond motifs is 6. The topological polar surface area (TPSA) is 193 Å². The molecule has 0 unspecified atom stereocenters. The van der Waals surface area contributed by atoms with Gasteiger partial charge in [0.05, 0.1) is 46.1 Å². The van der Waals surface area contributed by atoms with Crippen molar-refractivity contribution in [3.8, 4) is 17.2 Å². The Morgan fingerprint density at radius 1 is 0.562 bits per heavy atom. The van der Waals surface area contributed by atoms with Gasteiger partial charge in [-0.15, -0.1) is 0 Å². The highest BCUT2D eigenvalue weighted by molar-refractivity contribution is 5.97. The maximum Gasteiger partial charge on any atom is 0.276 e. The van der Waals surface area contributed by atoms with Gasteiger partial charge in [-0.3, -0.25) is 28.8 Å². The smallest absolute Gasteiger partial charge is 0.276 e. The molecule has 18 heteroatoms. The fourth-order valence-corrected chi connectivity index (χ4v) is 8.87. The van der Waals surface area contributed by atoms with Crippen LogP contribution in [0.3, 0.4) is 0 Å². The summed E-state index contributed by atoms with van der Waals surface area (Å²) in [4.78, 5) is 78.9. The number of carbonyl (C=O) groups excluding carboxylic acids is 3. The Kier molecular flexibility index (Phi) is 13.8. The molecule has 0 saturated carbocycles. The van der Waals surface area contributed by atoms with Gasteiger partial charge in [-0.05, 0) is 52.5 Å². The van der Waals surface area contributed by atoms with Crippen molar-refractivity contribution in [2.24, 2.45) is 0 Å². The summed E-state index contributed by atoms with van der Waals surface area (Å²) < 4.78 is 33.3. The average Bonchev–Trinajstić information content (AvgIpc) is 3.26. The first-order valence-electron chi connectivity index (χ1n) is 21.4. The molecule has 3 aromatic heterocycles. The molecule has 0 bridgehead atoms. The van der Waals surface area contributed by atoms with Gasteiger partial charge in [0.1, 0.15) is 6.61 Å². The molecule has 0 aliphatic carbocycles. The summed E-state index contributed by atoms with van der Waals surface area (Å²) >= 11 is 0. The van der Waals surface area contributed by atoms with Crippen LogP contribution in [-0.2, 0) is 40.5 Å². The molecule has 18 nitrogen and oxygen atoms in total. The number of benzene rings is 1. The lowest BCUT2D eigenvalue weighted by Crippen LogP contribution is -2.56. The summed E-state index contributed by atoms with van der Waals surface area (Å²) in [5.74, 6) is -0.935. The van der Waals surface area contributed by atoms with Crippen molar-refractivity contribution < 1.29 is 43.2 Å². The predicted octanol–water partition coefficient (Wildman–Crippen LogP) is 3.64. The highest BCUT2D eigenvalue weighted by Crippen LogP contribution is 2.32. The van der Waals surface area contributed by atoms with Crippen LogP contribution in [0.1, 0.15) is 91.4 Å². The Labute approximate surface area is 370 Å². The highest BCUT2D eigenvalue weighted by atomic mass is 16.5. The van der Waals surface area contributed by atoms with Gasteiger partial charge < -0.3 is 57.2 Å². The molecule has 3 saturated heterocycles. The van der Waals surface area contributed by atoms with Gasteiger partial charge in [0.25, 0.3) is 17.7 Å². The normalized spacial score (nSPS) is 24.1. The largest absolute Gasteiger partial charge is 0.503 e. The molecule has 1 N–H and O–H groups in total. The van der Waals surface area contributed by atoms with Crippen LogP contribution in [0.4, 0.5) is 0 Å². The van der Waals surface area contributed by atoms with Crippen molar-refractivity contribution in [3.05, 3.63) is 120 Å². The van der Waals surface area contributed by atoms with Gasteiger partial charge >= 0.3 is 0 Å². The number of aromatic hydroxyl groups is 1. The third-order valence-electron chi connectivity index (χ3n) is 12.2. The van der Waals surface area contributed by atoms with Crippen molar-refractivity contribution in [2.45, 2.75) is 117 Å². The number of rotatable bonds is 5. The van der Waals surface area contributed by atoms with Crippen molar-refractivity contribution in [3.63, 3.8) is 0 Å². The minimum atomic E-state index is -0.529. The van der Waals surface area contributed by atoms with E-state index in [2.05, 4.69) is 0 Å².